The molecule has 9 heteroatoms. The van der Waals surface area contributed by atoms with Crippen molar-refractivity contribution in [3.8, 4) is 5.88 Å². The number of hydrogen-bond acceptors (Lipinski definition) is 6. The van der Waals surface area contributed by atoms with Gasteiger partial charge in [0.1, 0.15) is 16.9 Å². The fraction of sp³-hybridized carbons (Fsp3) is 0.714. The third-order valence-electron chi connectivity index (χ3n) is 8.17. The predicted octanol–water partition coefficient (Wildman–Crippen LogP) is 4.56. The summed E-state index contributed by atoms with van der Waals surface area (Å²) in [6, 6.07) is 0.0241. The Balaban J connectivity index is 1.50. The molecule has 1 heterocycles. The summed E-state index contributed by atoms with van der Waals surface area (Å²) in [4.78, 5) is 36.5. The Kier molecular flexibility index (Phi) is 7.72. The second-order valence-electron chi connectivity index (χ2n) is 12.6. The Morgan fingerprint density at radius 1 is 1.24 bits per heavy atom. The zero-order chi connectivity index (χ0) is 27.0. The minimum absolute atomic E-state index is 0.0241. The van der Waals surface area contributed by atoms with Crippen LogP contribution in [0.15, 0.2) is 12.3 Å². The number of aromatic nitrogens is 2. The SMILES string of the molecule is CC(=O)CCC(C)(C)/C=C/n1ncc(C(=O)NC2C3CC4CC2CC(OC(N)=O)(C4)C3)c1OCC(C)C. The Labute approximate surface area is 219 Å². The van der Waals surface area contributed by atoms with Crippen LogP contribution in [-0.4, -0.2) is 45.8 Å². The minimum Gasteiger partial charge on any atom is -0.477 e. The molecule has 4 fully saturated rings. The van der Waals surface area contributed by atoms with E-state index in [1.807, 2.05) is 12.3 Å². The van der Waals surface area contributed by atoms with Gasteiger partial charge >= 0.3 is 6.09 Å². The molecule has 0 spiro atoms. The van der Waals surface area contributed by atoms with E-state index in [2.05, 4.69) is 38.1 Å². The molecule has 2 unspecified atom stereocenters. The molecule has 1 aromatic heterocycles. The molecule has 0 aromatic carbocycles. The predicted molar refractivity (Wildman–Crippen MR) is 140 cm³/mol. The van der Waals surface area contributed by atoms with Gasteiger partial charge in [0.25, 0.3) is 5.91 Å². The van der Waals surface area contributed by atoms with E-state index < -0.39 is 11.7 Å². The monoisotopic (exact) mass is 514 g/mol. The average Bonchev–Trinajstić information content (AvgIpc) is 3.19. The molecule has 4 aliphatic rings. The van der Waals surface area contributed by atoms with Crippen LogP contribution < -0.4 is 15.8 Å². The van der Waals surface area contributed by atoms with Crippen molar-refractivity contribution in [3.05, 3.63) is 17.8 Å². The fourth-order valence-corrected chi connectivity index (χ4v) is 6.61. The number of Topliss-reactive ketones (excluding diaryl/α,β-unsaturated/α-hetero) is 1. The van der Waals surface area contributed by atoms with Crippen LogP contribution >= 0.6 is 0 Å². The molecule has 0 saturated heterocycles. The molecular weight excluding hydrogens is 472 g/mol. The lowest BCUT2D eigenvalue weighted by Crippen LogP contribution is -2.63. The number of rotatable bonds is 11. The zero-order valence-electron chi connectivity index (χ0n) is 22.8. The number of nitrogens with zero attached hydrogens (tertiary/aromatic N) is 2. The molecule has 37 heavy (non-hydrogen) atoms. The van der Waals surface area contributed by atoms with E-state index >= 15 is 0 Å². The molecule has 0 radical (unpaired) electrons. The number of nitrogens with two attached hydrogens (primary N) is 1. The number of carbonyl (C=O) groups excluding carboxylic acids is 3. The first-order valence-corrected chi connectivity index (χ1v) is 13.5. The lowest BCUT2D eigenvalue weighted by atomic mass is 9.52. The largest absolute Gasteiger partial charge is 0.477 e. The topological polar surface area (TPSA) is 126 Å². The van der Waals surface area contributed by atoms with Crippen molar-refractivity contribution < 1.29 is 23.9 Å². The molecule has 2 amide bonds. The summed E-state index contributed by atoms with van der Waals surface area (Å²) in [5.41, 5.74) is 5.11. The van der Waals surface area contributed by atoms with Gasteiger partial charge in [-0.1, -0.05) is 33.8 Å². The van der Waals surface area contributed by atoms with Crippen LogP contribution in [0.4, 0.5) is 4.79 Å². The lowest BCUT2D eigenvalue weighted by molar-refractivity contribution is -0.137. The summed E-state index contributed by atoms with van der Waals surface area (Å²) in [6.45, 7) is 10.3. The van der Waals surface area contributed by atoms with Crippen LogP contribution in [0.2, 0.25) is 0 Å². The number of allylic oxidation sites excluding steroid dienone is 1. The van der Waals surface area contributed by atoms with E-state index in [4.69, 9.17) is 15.2 Å². The normalized spacial score (nSPS) is 28.6. The van der Waals surface area contributed by atoms with E-state index in [1.165, 1.54) is 0 Å². The molecule has 1 aromatic rings. The maximum absolute atomic E-state index is 13.5. The number of nitrogens with one attached hydrogen (secondary N) is 1. The highest BCUT2D eigenvalue weighted by Crippen LogP contribution is 2.57. The lowest BCUT2D eigenvalue weighted by Gasteiger charge is -2.58. The highest BCUT2D eigenvalue weighted by molar-refractivity contribution is 5.96. The van der Waals surface area contributed by atoms with Gasteiger partial charge in [-0.15, -0.1) is 0 Å². The van der Waals surface area contributed by atoms with Crippen molar-refractivity contribution in [2.45, 2.75) is 91.2 Å². The summed E-state index contributed by atoms with van der Waals surface area (Å²) in [5, 5.41) is 7.74. The van der Waals surface area contributed by atoms with E-state index in [0.717, 1.165) is 38.5 Å². The number of ketones is 1. The maximum atomic E-state index is 13.5. The standard InChI is InChI=1S/C28H42N4O5/c1-17(2)16-36-25-22(15-30-32(25)9-8-27(4,5)7-6-18(3)33)24(34)31-23-20-10-19-11-21(23)14-28(12-19,13-20)37-26(29)35/h8-9,15,17,19-21,23H,6-7,10-14,16H2,1-5H3,(H2,29,35)(H,31,34)/b9-8+. The third-order valence-corrected chi connectivity index (χ3v) is 8.17. The highest BCUT2D eigenvalue weighted by atomic mass is 16.6. The molecule has 9 nitrogen and oxygen atoms in total. The van der Waals surface area contributed by atoms with Crippen LogP contribution in [0.5, 0.6) is 5.88 Å². The zero-order valence-corrected chi connectivity index (χ0v) is 22.8. The molecule has 5 rings (SSSR count). The molecular formula is C28H42N4O5. The van der Waals surface area contributed by atoms with Crippen molar-refractivity contribution in [2.24, 2.45) is 34.8 Å². The number of amides is 2. The number of primary amides is 1. The van der Waals surface area contributed by atoms with E-state index in [0.29, 0.717) is 30.4 Å². The Morgan fingerprint density at radius 3 is 2.51 bits per heavy atom. The van der Waals surface area contributed by atoms with Gasteiger partial charge in [0.05, 0.1) is 12.8 Å². The number of carbonyl (C=O) groups is 3. The van der Waals surface area contributed by atoms with Gasteiger partial charge in [-0.2, -0.15) is 5.10 Å². The average molecular weight is 515 g/mol. The van der Waals surface area contributed by atoms with Crippen LogP contribution in [0, 0.1) is 29.1 Å². The smallest absolute Gasteiger partial charge is 0.405 e. The molecule has 0 aliphatic heterocycles. The summed E-state index contributed by atoms with van der Waals surface area (Å²) < 4.78 is 13.3. The Bertz CT molecular complexity index is 1040. The molecule has 4 bridgehead atoms. The summed E-state index contributed by atoms with van der Waals surface area (Å²) in [6.07, 6.45) is 10.3. The quantitative estimate of drug-likeness (QED) is 0.446. The van der Waals surface area contributed by atoms with Crippen LogP contribution in [-0.2, 0) is 9.53 Å². The highest BCUT2D eigenvalue weighted by Gasteiger charge is 2.57. The Hall–Kier alpha value is -2.84. The van der Waals surface area contributed by atoms with Gasteiger partial charge in [0.15, 0.2) is 0 Å². The van der Waals surface area contributed by atoms with E-state index in [9.17, 15) is 14.4 Å². The van der Waals surface area contributed by atoms with Gasteiger partial charge in [-0.3, -0.25) is 4.79 Å². The first-order chi connectivity index (χ1) is 17.4. The first kappa shape index (κ1) is 27.2. The van der Waals surface area contributed by atoms with Crippen molar-refractivity contribution >= 4 is 24.0 Å². The van der Waals surface area contributed by atoms with Crippen LogP contribution in [0.1, 0.15) is 89.9 Å². The Morgan fingerprint density at radius 2 is 1.92 bits per heavy atom. The minimum atomic E-state index is -0.709. The third kappa shape index (κ3) is 6.36. The van der Waals surface area contributed by atoms with Gasteiger partial charge in [0.2, 0.25) is 5.88 Å². The summed E-state index contributed by atoms with van der Waals surface area (Å²) in [7, 11) is 0. The maximum Gasteiger partial charge on any atom is 0.405 e. The van der Waals surface area contributed by atoms with Crippen molar-refractivity contribution in [1.29, 1.82) is 0 Å². The van der Waals surface area contributed by atoms with Crippen molar-refractivity contribution in [2.75, 3.05) is 6.61 Å². The van der Waals surface area contributed by atoms with Crippen LogP contribution in [0.3, 0.4) is 0 Å². The van der Waals surface area contributed by atoms with E-state index in [1.54, 1.807) is 17.8 Å². The van der Waals surface area contributed by atoms with Gasteiger partial charge in [-0.25, -0.2) is 9.48 Å². The molecule has 4 saturated carbocycles. The number of hydrogen-bond donors (Lipinski definition) is 2. The van der Waals surface area contributed by atoms with Crippen molar-refractivity contribution in [1.82, 2.24) is 15.1 Å². The second-order valence-corrected chi connectivity index (χ2v) is 12.6. The summed E-state index contributed by atoms with van der Waals surface area (Å²) in [5.74, 6) is 1.68. The van der Waals surface area contributed by atoms with Crippen molar-refractivity contribution in [3.63, 3.8) is 0 Å². The molecule has 204 valence electrons. The van der Waals surface area contributed by atoms with Gasteiger partial charge < -0.3 is 25.3 Å². The summed E-state index contributed by atoms with van der Waals surface area (Å²) >= 11 is 0. The van der Waals surface area contributed by atoms with Crippen LogP contribution in [0.25, 0.3) is 6.20 Å². The second kappa shape index (κ2) is 10.5. The molecule has 3 N–H and O–H groups in total. The van der Waals surface area contributed by atoms with Gasteiger partial charge in [0, 0.05) is 18.7 Å². The van der Waals surface area contributed by atoms with Gasteiger partial charge in [-0.05, 0) is 74.5 Å². The first-order valence-electron chi connectivity index (χ1n) is 13.5. The molecule has 2 atom stereocenters. The molecule has 4 aliphatic carbocycles. The fourth-order valence-electron chi connectivity index (χ4n) is 6.61. The van der Waals surface area contributed by atoms with E-state index in [-0.39, 0.29) is 40.9 Å². The number of ether oxygens (including phenoxy) is 2.